The van der Waals surface area contributed by atoms with Crippen LogP contribution in [0.25, 0.3) is 22.6 Å². The Morgan fingerprint density at radius 2 is 1.64 bits per heavy atom. The minimum Gasteiger partial charge on any atom is -0.436 e. The molecule has 0 aliphatic rings. The van der Waals surface area contributed by atoms with Crippen molar-refractivity contribution >= 4 is 38.9 Å². The lowest BCUT2D eigenvalue weighted by Crippen LogP contribution is -2.10. The monoisotopic (exact) mass is 432 g/mol. The first kappa shape index (κ1) is 18.6. The summed E-state index contributed by atoms with van der Waals surface area (Å²) in [6, 6.07) is 22.2. The van der Waals surface area contributed by atoms with Crippen molar-refractivity contribution in [3.05, 3.63) is 82.3 Å². The molecular formula is C24H21BrN2O. The summed E-state index contributed by atoms with van der Waals surface area (Å²) in [7, 11) is 0. The first-order valence-corrected chi connectivity index (χ1v) is 9.99. The van der Waals surface area contributed by atoms with Crippen LogP contribution in [-0.2, 0) is 5.41 Å². The number of oxazole rings is 1. The number of rotatable bonds is 3. The lowest BCUT2D eigenvalue weighted by Gasteiger charge is -2.18. The number of hydrogen-bond acceptors (Lipinski definition) is 3. The maximum atomic E-state index is 6.00. The van der Waals surface area contributed by atoms with E-state index < -0.39 is 0 Å². The van der Waals surface area contributed by atoms with Gasteiger partial charge in [0.1, 0.15) is 5.52 Å². The molecule has 0 aliphatic carbocycles. The molecule has 0 amide bonds. The molecule has 4 aromatic rings. The summed E-state index contributed by atoms with van der Waals surface area (Å²) in [6.07, 6.45) is 1.84. The molecule has 1 aromatic heterocycles. The van der Waals surface area contributed by atoms with Crippen LogP contribution in [0.1, 0.15) is 31.9 Å². The van der Waals surface area contributed by atoms with Gasteiger partial charge in [-0.3, -0.25) is 4.99 Å². The van der Waals surface area contributed by atoms with Crippen molar-refractivity contribution in [2.75, 3.05) is 0 Å². The Labute approximate surface area is 173 Å². The molecule has 140 valence electrons. The quantitative estimate of drug-likeness (QED) is 0.318. The molecular weight excluding hydrogens is 412 g/mol. The molecule has 3 aromatic carbocycles. The second-order valence-electron chi connectivity index (χ2n) is 7.81. The summed E-state index contributed by atoms with van der Waals surface area (Å²) < 4.78 is 7.05. The van der Waals surface area contributed by atoms with E-state index in [-0.39, 0.29) is 5.41 Å². The van der Waals surface area contributed by atoms with Gasteiger partial charge in [0, 0.05) is 22.3 Å². The number of fused-ring (bicyclic) bond motifs is 1. The van der Waals surface area contributed by atoms with Gasteiger partial charge in [0.05, 0.1) is 5.69 Å². The van der Waals surface area contributed by atoms with Crippen LogP contribution in [-0.4, -0.2) is 11.2 Å². The number of benzene rings is 3. The number of aliphatic imine (C=N–C) groups is 1. The van der Waals surface area contributed by atoms with Crippen LogP contribution in [0.2, 0.25) is 0 Å². The molecule has 0 spiro atoms. The van der Waals surface area contributed by atoms with Gasteiger partial charge >= 0.3 is 0 Å². The van der Waals surface area contributed by atoms with E-state index >= 15 is 0 Å². The molecule has 0 unspecified atom stereocenters. The van der Waals surface area contributed by atoms with Gasteiger partial charge in [-0.1, -0.05) is 61.0 Å². The highest BCUT2D eigenvalue weighted by molar-refractivity contribution is 9.10. The van der Waals surface area contributed by atoms with Gasteiger partial charge in [-0.25, -0.2) is 4.98 Å². The first-order chi connectivity index (χ1) is 13.4. The molecule has 0 saturated heterocycles. The van der Waals surface area contributed by atoms with Crippen molar-refractivity contribution in [2.24, 2.45) is 4.99 Å². The zero-order valence-electron chi connectivity index (χ0n) is 16.1. The fraction of sp³-hybridized carbons (Fsp3) is 0.167. The van der Waals surface area contributed by atoms with Crippen molar-refractivity contribution in [3.63, 3.8) is 0 Å². The summed E-state index contributed by atoms with van der Waals surface area (Å²) in [5.74, 6) is 0.629. The van der Waals surface area contributed by atoms with Crippen LogP contribution in [0.4, 0.5) is 5.69 Å². The highest BCUT2D eigenvalue weighted by atomic mass is 79.9. The Balaban J connectivity index is 1.60. The van der Waals surface area contributed by atoms with Gasteiger partial charge in [-0.2, -0.15) is 0 Å². The highest BCUT2D eigenvalue weighted by Crippen LogP contribution is 2.29. The molecule has 0 bridgehead atoms. The van der Waals surface area contributed by atoms with Gasteiger partial charge in [-0.05, 0) is 52.9 Å². The fourth-order valence-corrected chi connectivity index (χ4v) is 3.19. The lowest BCUT2D eigenvalue weighted by atomic mass is 9.87. The van der Waals surface area contributed by atoms with Gasteiger partial charge in [-0.15, -0.1) is 0 Å². The van der Waals surface area contributed by atoms with Crippen molar-refractivity contribution in [1.29, 1.82) is 0 Å². The zero-order chi connectivity index (χ0) is 19.7. The van der Waals surface area contributed by atoms with Crippen LogP contribution in [0.3, 0.4) is 0 Å². The summed E-state index contributed by atoms with van der Waals surface area (Å²) in [4.78, 5) is 9.17. The van der Waals surface area contributed by atoms with E-state index in [2.05, 4.69) is 70.9 Å². The molecule has 0 fully saturated rings. The Morgan fingerprint density at radius 3 is 2.32 bits per heavy atom. The van der Waals surface area contributed by atoms with Crippen molar-refractivity contribution in [3.8, 4) is 11.5 Å². The third kappa shape index (κ3) is 4.07. The Kier molecular flexibility index (Phi) is 4.90. The summed E-state index contributed by atoms with van der Waals surface area (Å²) >= 11 is 3.44. The zero-order valence-corrected chi connectivity index (χ0v) is 17.7. The third-order valence-corrected chi connectivity index (χ3v) is 5.13. The van der Waals surface area contributed by atoms with Crippen LogP contribution in [0, 0.1) is 0 Å². The minimum absolute atomic E-state index is 0.127. The Morgan fingerprint density at radius 1 is 0.929 bits per heavy atom. The van der Waals surface area contributed by atoms with E-state index in [0.29, 0.717) is 5.89 Å². The predicted octanol–water partition coefficient (Wildman–Crippen LogP) is 7.31. The largest absolute Gasteiger partial charge is 0.436 e. The second kappa shape index (κ2) is 7.36. The summed E-state index contributed by atoms with van der Waals surface area (Å²) in [6.45, 7) is 6.62. The van der Waals surface area contributed by atoms with Crippen LogP contribution < -0.4 is 0 Å². The third-order valence-electron chi connectivity index (χ3n) is 4.60. The molecule has 4 heteroatoms. The second-order valence-corrected chi connectivity index (χ2v) is 8.72. The Hall–Kier alpha value is -2.72. The van der Waals surface area contributed by atoms with Crippen LogP contribution in [0.5, 0.6) is 0 Å². The van der Waals surface area contributed by atoms with E-state index in [0.717, 1.165) is 32.4 Å². The molecule has 4 rings (SSSR count). The molecule has 0 aliphatic heterocycles. The standard InChI is InChI=1S/C24H21BrN2O/c1-24(2,3)18-8-6-17(7-9-18)23-27-21-13-12-20(14-22(21)28-23)26-15-16-4-10-19(25)11-5-16/h4-15H,1-3H3. The summed E-state index contributed by atoms with van der Waals surface area (Å²) in [5.41, 5.74) is 5.84. The lowest BCUT2D eigenvalue weighted by molar-refractivity contribution is 0.589. The van der Waals surface area contributed by atoms with E-state index in [1.54, 1.807) is 0 Å². The van der Waals surface area contributed by atoms with Gasteiger partial charge in [0.2, 0.25) is 5.89 Å². The highest BCUT2D eigenvalue weighted by Gasteiger charge is 2.14. The number of halogens is 1. The molecule has 1 heterocycles. The molecule has 0 N–H and O–H groups in total. The number of hydrogen-bond donors (Lipinski definition) is 0. The molecule has 0 atom stereocenters. The average molecular weight is 433 g/mol. The minimum atomic E-state index is 0.127. The van der Waals surface area contributed by atoms with E-state index in [4.69, 9.17) is 4.42 Å². The fourth-order valence-electron chi connectivity index (χ4n) is 2.93. The topological polar surface area (TPSA) is 38.4 Å². The maximum absolute atomic E-state index is 6.00. The molecule has 3 nitrogen and oxygen atoms in total. The van der Waals surface area contributed by atoms with E-state index in [1.807, 2.05) is 48.7 Å². The Bertz CT molecular complexity index is 1130. The smallest absolute Gasteiger partial charge is 0.227 e. The average Bonchev–Trinajstić information content (AvgIpc) is 3.10. The first-order valence-electron chi connectivity index (χ1n) is 9.20. The van der Waals surface area contributed by atoms with E-state index in [9.17, 15) is 0 Å². The summed E-state index contributed by atoms with van der Waals surface area (Å²) in [5, 5.41) is 0. The molecule has 0 saturated carbocycles. The van der Waals surface area contributed by atoms with Crippen molar-refractivity contribution in [2.45, 2.75) is 26.2 Å². The van der Waals surface area contributed by atoms with E-state index in [1.165, 1.54) is 5.56 Å². The number of aromatic nitrogens is 1. The van der Waals surface area contributed by atoms with Crippen LogP contribution >= 0.6 is 15.9 Å². The predicted molar refractivity (Wildman–Crippen MR) is 120 cm³/mol. The maximum Gasteiger partial charge on any atom is 0.227 e. The molecule has 28 heavy (non-hydrogen) atoms. The normalized spacial score (nSPS) is 12.1. The van der Waals surface area contributed by atoms with Gasteiger partial charge in [0.25, 0.3) is 0 Å². The van der Waals surface area contributed by atoms with Gasteiger partial charge < -0.3 is 4.42 Å². The SMILES string of the molecule is CC(C)(C)c1ccc(-c2nc3ccc(N=Cc4ccc(Br)cc4)cc3o2)cc1. The molecule has 0 radical (unpaired) electrons. The van der Waals surface area contributed by atoms with Crippen molar-refractivity contribution < 1.29 is 4.42 Å². The van der Waals surface area contributed by atoms with Gasteiger partial charge in [0.15, 0.2) is 5.58 Å². The van der Waals surface area contributed by atoms with Crippen molar-refractivity contribution in [1.82, 2.24) is 4.98 Å². The number of nitrogens with zero attached hydrogens (tertiary/aromatic N) is 2. The van der Waals surface area contributed by atoms with Crippen LogP contribution in [0.15, 0.2) is 80.6 Å².